The number of fused-ring (bicyclic) bond motifs is 2. The smallest absolute Gasteiger partial charge is 0.385 e. The van der Waals surface area contributed by atoms with Crippen LogP contribution >= 0.6 is 0 Å². The predicted molar refractivity (Wildman–Crippen MR) is 98.1 cm³/mol. The van der Waals surface area contributed by atoms with Crippen LogP contribution in [0, 0.1) is 11.3 Å². The molecular formula is C22H21F3N2O. The molecule has 4 rings (SSSR count). The van der Waals surface area contributed by atoms with Crippen molar-refractivity contribution in [1.82, 2.24) is 4.90 Å². The Morgan fingerprint density at radius 2 is 1.71 bits per heavy atom. The minimum Gasteiger partial charge on any atom is -0.385 e. The number of hydrogen-bond acceptors (Lipinski definition) is 3. The highest BCUT2D eigenvalue weighted by molar-refractivity contribution is 5.41. The van der Waals surface area contributed by atoms with E-state index >= 15 is 0 Å². The van der Waals surface area contributed by atoms with E-state index in [-0.39, 0.29) is 23.2 Å². The van der Waals surface area contributed by atoms with Crippen LogP contribution in [0.2, 0.25) is 0 Å². The zero-order chi connectivity index (χ0) is 19.9. The number of aliphatic hydroxyl groups is 1. The van der Waals surface area contributed by atoms with Gasteiger partial charge in [-0.2, -0.15) is 18.4 Å². The van der Waals surface area contributed by atoms with Crippen molar-refractivity contribution in [3.05, 3.63) is 70.8 Å². The van der Waals surface area contributed by atoms with E-state index in [0.717, 1.165) is 31.5 Å². The highest BCUT2D eigenvalue weighted by atomic mass is 19.4. The minimum absolute atomic E-state index is 0.0719. The van der Waals surface area contributed by atoms with Crippen molar-refractivity contribution in [2.45, 2.75) is 56.1 Å². The van der Waals surface area contributed by atoms with E-state index in [1.807, 2.05) is 18.2 Å². The Morgan fingerprint density at radius 3 is 2.29 bits per heavy atom. The fraction of sp³-hybridized carbons (Fsp3) is 0.409. The predicted octanol–water partition coefficient (Wildman–Crippen LogP) is 4.59. The molecule has 0 saturated carbocycles. The van der Waals surface area contributed by atoms with Crippen molar-refractivity contribution in [2.24, 2.45) is 0 Å². The lowest BCUT2D eigenvalue weighted by atomic mass is 9.79. The van der Waals surface area contributed by atoms with Gasteiger partial charge >= 0.3 is 6.18 Å². The summed E-state index contributed by atoms with van der Waals surface area (Å²) >= 11 is 0. The maximum Gasteiger partial charge on any atom is 0.416 e. The van der Waals surface area contributed by atoms with Gasteiger partial charge in [-0.05, 0) is 55.0 Å². The van der Waals surface area contributed by atoms with E-state index in [9.17, 15) is 18.3 Å². The summed E-state index contributed by atoms with van der Waals surface area (Å²) in [6.07, 6.45) is -1.95. The number of alkyl halides is 3. The average molecular weight is 386 g/mol. The summed E-state index contributed by atoms with van der Waals surface area (Å²) in [5, 5.41) is 20.5. The fourth-order valence-electron chi connectivity index (χ4n) is 4.73. The molecule has 3 nitrogen and oxygen atoms in total. The van der Waals surface area contributed by atoms with E-state index in [0.29, 0.717) is 12.8 Å². The third-order valence-electron chi connectivity index (χ3n) is 6.05. The lowest BCUT2D eigenvalue weighted by molar-refractivity contribution is -0.137. The number of benzene rings is 2. The molecule has 1 N–H and O–H groups in total. The number of rotatable bonds is 3. The van der Waals surface area contributed by atoms with Gasteiger partial charge in [0.2, 0.25) is 0 Å². The van der Waals surface area contributed by atoms with Crippen LogP contribution in [-0.2, 0) is 18.3 Å². The summed E-state index contributed by atoms with van der Waals surface area (Å²) in [5.74, 6) is 0. The summed E-state index contributed by atoms with van der Waals surface area (Å²) in [6.45, 7) is 0.776. The molecule has 0 amide bonds. The molecule has 0 aromatic heterocycles. The lowest BCUT2D eigenvalue weighted by Crippen LogP contribution is -2.49. The van der Waals surface area contributed by atoms with Crippen molar-refractivity contribution in [1.29, 1.82) is 5.26 Å². The first-order chi connectivity index (χ1) is 13.3. The van der Waals surface area contributed by atoms with Gasteiger partial charge in [-0.1, -0.05) is 30.3 Å². The largest absolute Gasteiger partial charge is 0.416 e. The monoisotopic (exact) mass is 386 g/mol. The third-order valence-corrected chi connectivity index (χ3v) is 6.05. The molecule has 2 aromatic carbocycles. The van der Waals surface area contributed by atoms with Crippen LogP contribution in [0.4, 0.5) is 13.2 Å². The Kier molecular flexibility index (Phi) is 4.68. The van der Waals surface area contributed by atoms with Crippen LogP contribution in [-0.4, -0.2) is 22.1 Å². The highest BCUT2D eigenvalue weighted by Crippen LogP contribution is 2.47. The van der Waals surface area contributed by atoms with Gasteiger partial charge in [0.05, 0.1) is 22.8 Å². The molecule has 2 aliphatic rings. The van der Waals surface area contributed by atoms with E-state index in [4.69, 9.17) is 5.26 Å². The average Bonchev–Trinajstić information content (AvgIpc) is 2.91. The molecule has 0 radical (unpaired) electrons. The van der Waals surface area contributed by atoms with Gasteiger partial charge in [0.1, 0.15) is 0 Å². The summed E-state index contributed by atoms with van der Waals surface area (Å²) in [6, 6.07) is 15.3. The van der Waals surface area contributed by atoms with Gasteiger partial charge in [-0.3, -0.25) is 4.90 Å². The molecule has 2 saturated heterocycles. The van der Waals surface area contributed by atoms with E-state index in [1.54, 1.807) is 6.07 Å². The standard InChI is InChI=1S/C22H21F3N2O/c23-22(24,25)18-9-16(13-26)8-17(10-18)21(28)11-19-6-7-20(12-21)27(19)14-15-4-2-1-3-5-15/h1-5,8-10,19-20,28H,6-7,11-12,14H2. The maximum atomic E-state index is 13.2. The Labute approximate surface area is 162 Å². The lowest BCUT2D eigenvalue weighted by Gasteiger charge is -2.44. The minimum atomic E-state index is -4.55. The van der Waals surface area contributed by atoms with E-state index in [2.05, 4.69) is 17.0 Å². The third kappa shape index (κ3) is 3.52. The van der Waals surface area contributed by atoms with Gasteiger partial charge in [-0.15, -0.1) is 0 Å². The van der Waals surface area contributed by atoms with Crippen LogP contribution in [0.5, 0.6) is 0 Å². The molecule has 146 valence electrons. The zero-order valence-corrected chi connectivity index (χ0v) is 15.3. The van der Waals surface area contributed by atoms with Gasteiger partial charge in [0, 0.05) is 18.6 Å². The molecule has 2 fully saturated rings. The zero-order valence-electron chi connectivity index (χ0n) is 15.3. The number of nitriles is 1. The molecule has 2 aliphatic heterocycles. The van der Waals surface area contributed by atoms with Crippen molar-refractivity contribution in [2.75, 3.05) is 0 Å². The number of nitrogens with zero attached hydrogens (tertiary/aromatic N) is 2. The second-order valence-electron chi connectivity index (χ2n) is 7.89. The summed E-state index contributed by atoms with van der Waals surface area (Å²) in [4.78, 5) is 2.36. The summed E-state index contributed by atoms with van der Waals surface area (Å²) in [5.41, 5.74) is -0.900. The summed E-state index contributed by atoms with van der Waals surface area (Å²) in [7, 11) is 0. The van der Waals surface area contributed by atoms with Crippen molar-refractivity contribution < 1.29 is 18.3 Å². The number of piperidine rings is 1. The van der Waals surface area contributed by atoms with E-state index < -0.39 is 17.3 Å². The van der Waals surface area contributed by atoms with Crippen molar-refractivity contribution in [3.8, 4) is 6.07 Å². The first-order valence-electron chi connectivity index (χ1n) is 9.43. The highest BCUT2D eigenvalue weighted by Gasteiger charge is 2.48. The quantitative estimate of drug-likeness (QED) is 0.839. The molecule has 0 aliphatic carbocycles. The normalized spacial score (nSPS) is 27.5. The van der Waals surface area contributed by atoms with Crippen LogP contribution in [0.25, 0.3) is 0 Å². The topological polar surface area (TPSA) is 47.3 Å². The molecule has 28 heavy (non-hydrogen) atoms. The molecular weight excluding hydrogens is 365 g/mol. The van der Waals surface area contributed by atoms with E-state index in [1.165, 1.54) is 11.6 Å². The Balaban J connectivity index is 1.62. The number of halogens is 3. The van der Waals surface area contributed by atoms with Gasteiger partial charge in [-0.25, -0.2) is 0 Å². The van der Waals surface area contributed by atoms with Crippen LogP contribution in [0.15, 0.2) is 48.5 Å². The SMILES string of the molecule is N#Cc1cc(C(F)(F)F)cc(C2(O)CC3CCC(C2)N3Cc2ccccc2)c1. The molecule has 2 bridgehead atoms. The molecule has 0 spiro atoms. The van der Waals surface area contributed by atoms with Crippen LogP contribution < -0.4 is 0 Å². The Morgan fingerprint density at radius 1 is 1.07 bits per heavy atom. The molecule has 6 heteroatoms. The second-order valence-corrected chi connectivity index (χ2v) is 7.89. The first kappa shape index (κ1) is 19.0. The van der Waals surface area contributed by atoms with Crippen molar-refractivity contribution in [3.63, 3.8) is 0 Å². The fourth-order valence-corrected chi connectivity index (χ4v) is 4.73. The summed E-state index contributed by atoms with van der Waals surface area (Å²) < 4.78 is 39.7. The van der Waals surface area contributed by atoms with Crippen molar-refractivity contribution >= 4 is 0 Å². The van der Waals surface area contributed by atoms with Gasteiger partial charge in [0.25, 0.3) is 0 Å². The Hall–Kier alpha value is -2.36. The Bertz CT molecular complexity index is 890. The van der Waals surface area contributed by atoms with Crippen LogP contribution in [0.3, 0.4) is 0 Å². The van der Waals surface area contributed by atoms with Crippen LogP contribution in [0.1, 0.15) is 47.9 Å². The van der Waals surface area contributed by atoms with Gasteiger partial charge in [0.15, 0.2) is 0 Å². The maximum absolute atomic E-state index is 13.2. The molecule has 2 unspecified atom stereocenters. The number of hydrogen-bond donors (Lipinski definition) is 1. The van der Waals surface area contributed by atoms with Gasteiger partial charge < -0.3 is 5.11 Å². The first-order valence-corrected chi connectivity index (χ1v) is 9.43. The molecule has 2 atom stereocenters. The molecule has 2 heterocycles. The molecule has 2 aromatic rings. The second kappa shape index (κ2) is 6.91.